The summed E-state index contributed by atoms with van der Waals surface area (Å²) in [5, 5.41) is 0. The van der Waals surface area contributed by atoms with E-state index < -0.39 is 0 Å². The van der Waals surface area contributed by atoms with Crippen LogP contribution in [0.15, 0.2) is 243 Å². The van der Waals surface area contributed by atoms with Gasteiger partial charge >= 0.3 is 0 Å². The fourth-order valence-electron chi connectivity index (χ4n) is 9.10. The van der Waals surface area contributed by atoms with E-state index in [0.29, 0.717) is 13.2 Å². The quantitative estimate of drug-likeness (QED) is 0.0710. The van der Waals surface area contributed by atoms with E-state index in [0.717, 1.165) is 87.3 Å². The first-order valence-corrected chi connectivity index (χ1v) is 38.0. The Morgan fingerprint density at radius 2 is 0.385 bits per heavy atom. The molecular weight excluding hydrogens is 1280 g/mol. The number of methoxy groups -OCH3 is 3. The van der Waals surface area contributed by atoms with Crippen LogP contribution in [-0.2, 0) is 61.0 Å². The largest absolute Gasteiger partial charge is 0.497 e. The van der Waals surface area contributed by atoms with Crippen LogP contribution in [0.25, 0.3) is 0 Å². The van der Waals surface area contributed by atoms with Crippen LogP contribution in [0, 0.1) is 48.5 Å². The zero-order chi connectivity index (χ0) is 77.4. The molecule has 0 N–H and O–H groups in total. The van der Waals surface area contributed by atoms with Gasteiger partial charge in [-0.05, 0) is 233 Å². The molecule has 566 valence electrons. The summed E-state index contributed by atoms with van der Waals surface area (Å²) in [5.41, 5.74) is 20.4. The summed E-state index contributed by atoms with van der Waals surface area (Å²) in [6, 6.07) is 83.8. The van der Waals surface area contributed by atoms with Crippen molar-refractivity contribution in [3.05, 3.63) is 326 Å². The van der Waals surface area contributed by atoms with Crippen LogP contribution in [0.1, 0.15) is 179 Å². The van der Waals surface area contributed by atoms with E-state index >= 15 is 0 Å². The molecule has 0 saturated heterocycles. The van der Waals surface area contributed by atoms with E-state index in [4.69, 9.17) is 33.2 Å². The summed E-state index contributed by atoms with van der Waals surface area (Å²) in [5.74, 6) is 4.57. The van der Waals surface area contributed by atoms with Gasteiger partial charge in [0.2, 0.25) is 0 Å². The molecule has 0 aromatic heterocycles. The molecular formula is C97H136O7. The second-order valence-corrected chi connectivity index (χ2v) is 24.7. The predicted molar refractivity (Wildman–Crippen MR) is 452 cm³/mol. The molecule has 0 radical (unpaired) electrons. The third kappa shape index (κ3) is 50.5. The molecule has 10 aromatic rings. The standard InChI is InChI=1S/3C10H14.C9H12O2.4C9H12O.2C9H12.C4H10O/c2*1-3-4-10-7-5-9(2)6-8-10;1-3-9-5-7-10(4-2)8-6-9;1-3-11-9-6-4-8(10-2)5-7-9;1-8-3-5-9(6-4-8)7-10-2;1-3-8-4-6-9(10-2)7-5-8;2*1-3-10-9-6-4-8(2)5-7-9;2*1-3-9-6-4-8(2)5-7-9;1-3-5-4-2/h3*5-8H,3-4H2,1-2H3;4-7H,3H2,1-2H3;3-6H,7H2,1-2H3;3*4-7H,3H2,1-2H3;2*4-7H,3H2,1-2H3;3-4H2,1-2H3. The van der Waals surface area contributed by atoms with E-state index in [9.17, 15) is 0 Å². The average Bonchev–Trinajstić information content (AvgIpc) is 1.05. The highest BCUT2D eigenvalue weighted by Crippen LogP contribution is 2.18. The smallest absolute Gasteiger partial charge is 0.119 e. The molecule has 0 aliphatic carbocycles. The SMILES string of the molecule is CCCc1ccc(C)cc1.CCCc1ccc(C)cc1.CCOCC.CCOc1ccc(C)cc1.CCOc1ccc(C)cc1.CCOc1ccc(OC)cc1.CCc1ccc(C)cc1.CCc1ccc(C)cc1.CCc1ccc(CC)cc1.CCc1ccc(OC)cc1.COCc1ccc(C)cc1. The summed E-state index contributed by atoms with van der Waals surface area (Å²) >= 11 is 0. The zero-order valence-electron chi connectivity index (χ0n) is 68.6. The van der Waals surface area contributed by atoms with Crippen molar-refractivity contribution < 1.29 is 33.2 Å². The van der Waals surface area contributed by atoms with Crippen LogP contribution in [0.4, 0.5) is 0 Å². The lowest BCUT2D eigenvalue weighted by Gasteiger charge is -2.03. The van der Waals surface area contributed by atoms with Gasteiger partial charge in [0.25, 0.3) is 0 Å². The second kappa shape index (κ2) is 63.8. The monoisotopic (exact) mass is 1410 g/mol. The molecule has 10 aromatic carbocycles. The Bertz CT molecular complexity index is 3070. The Kier molecular flexibility index (Phi) is 58.3. The summed E-state index contributed by atoms with van der Waals surface area (Å²) < 4.78 is 35.6. The van der Waals surface area contributed by atoms with Crippen LogP contribution in [-0.4, -0.2) is 54.4 Å². The third-order valence-corrected chi connectivity index (χ3v) is 15.7. The third-order valence-electron chi connectivity index (χ3n) is 15.7. The van der Waals surface area contributed by atoms with Gasteiger partial charge in [-0.3, -0.25) is 0 Å². The van der Waals surface area contributed by atoms with Crippen molar-refractivity contribution in [1.82, 2.24) is 0 Å². The van der Waals surface area contributed by atoms with Crippen LogP contribution in [0.3, 0.4) is 0 Å². The molecule has 0 fully saturated rings. The number of aryl methyl sites for hydroxylation is 14. The maximum atomic E-state index is 5.26. The molecule has 0 aliphatic rings. The first-order valence-electron chi connectivity index (χ1n) is 38.0. The second-order valence-electron chi connectivity index (χ2n) is 24.7. The highest BCUT2D eigenvalue weighted by atomic mass is 16.5. The summed E-state index contributed by atoms with van der Waals surface area (Å²) in [7, 11) is 5.04. The van der Waals surface area contributed by atoms with Gasteiger partial charge in [0.15, 0.2) is 0 Å². The van der Waals surface area contributed by atoms with E-state index in [1.807, 2.05) is 120 Å². The van der Waals surface area contributed by atoms with Gasteiger partial charge in [-0.2, -0.15) is 0 Å². The fraction of sp³-hybridized carbons (Fsp3) is 0.381. The summed E-state index contributed by atoms with van der Waals surface area (Å²) in [6.45, 7) is 44.4. The van der Waals surface area contributed by atoms with Crippen LogP contribution >= 0.6 is 0 Å². The molecule has 0 heterocycles. The summed E-state index contributed by atoms with van der Waals surface area (Å²) in [4.78, 5) is 0. The molecule has 0 bridgehead atoms. The Hall–Kier alpha value is -8.88. The lowest BCUT2D eigenvalue weighted by Crippen LogP contribution is -1.90. The number of rotatable bonds is 21. The van der Waals surface area contributed by atoms with E-state index in [1.165, 1.54) is 109 Å². The lowest BCUT2D eigenvalue weighted by molar-refractivity contribution is 0.162. The van der Waals surface area contributed by atoms with Crippen molar-refractivity contribution >= 4 is 0 Å². The minimum absolute atomic E-state index is 0.701. The van der Waals surface area contributed by atoms with Gasteiger partial charge < -0.3 is 33.2 Å². The van der Waals surface area contributed by atoms with Crippen molar-refractivity contribution in [3.8, 4) is 28.7 Å². The molecule has 7 nitrogen and oxygen atoms in total. The molecule has 10 rings (SSSR count). The van der Waals surface area contributed by atoms with Gasteiger partial charge in [-0.25, -0.2) is 0 Å². The molecule has 0 saturated carbocycles. The van der Waals surface area contributed by atoms with Crippen molar-refractivity contribution in [1.29, 1.82) is 0 Å². The van der Waals surface area contributed by atoms with Crippen LogP contribution in [0.2, 0.25) is 0 Å². The van der Waals surface area contributed by atoms with E-state index in [1.54, 1.807) is 21.3 Å². The minimum Gasteiger partial charge on any atom is -0.497 e. The Morgan fingerprint density at radius 3 is 0.577 bits per heavy atom. The van der Waals surface area contributed by atoms with E-state index in [-0.39, 0.29) is 0 Å². The Balaban J connectivity index is 0.00000113. The first-order chi connectivity index (χ1) is 50.3. The van der Waals surface area contributed by atoms with Gasteiger partial charge in [0.1, 0.15) is 28.7 Å². The van der Waals surface area contributed by atoms with Crippen molar-refractivity contribution in [3.63, 3.8) is 0 Å². The fourth-order valence-corrected chi connectivity index (χ4v) is 9.10. The Labute approximate surface area is 634 Å². The van der Waals surface area contributed by atoms with Crippen molar-refractivity contribution in [2.75, 3.05) is 54.4 Å². The highest BCUT2D eigenvalue weighted by molar-refractivity contribution is 5.32. The molecule has 0 spiro atoms. The number of hydrogen-bond acceptors (Lipinski definition) is 7. The summed E-state index contributed by atoms with van der Waals surface area (Å²) in [6.07, 6.45) is 10.5. The maximum Gasteiger partial charge on any atom is 0.119 e. The minimum atomic E-state index is 0.701. The Morgan fingerprint density at radius 1 is 0.202 bits per heavy atom. The maximum absolute atomic E-state index is 5.26. The molecule has 0 aliphatic heterocycles. The normalized spacial score (nSPS) is 9.52. The van der Waals surface area contributed by atoms with E-state index in [2.05, 4.69) is 255 Å². The van der Waals surface area contributed by atoms with Gasteiger partial charge in [-0.15, -0.1) is 0 Å². The predicted octanol–water partition coefficient (Wildman–Crippen LogP) is 26.1. The average molecular weight is 1410 g/mol. The number of ether oxygens (including phenoxy) is 7. The highest BCUT2D eigenvalue weighted by Gasteiger charge is 1.96. The van der Waals surface area contributed by atoms with Gasteiger partial charge in [-0.1, -0.05) is 282 Å². The van der Waals surface area contributed by atoms with Gasteiger partial charge in [0, 0.05) is 20.3 Å². The van der Waals surface area contributed by atoms with Crippen molar-refractivity contribution in [2.24, 2.45) is 0 Å². The number of hydrogen-bond donors (Lipinski definition) is 0. The molecule has 0 amide bonds. The zero-order valence-corrected chi connectivity index (χ0v) is 68.6. The van der Waals surface area contributed by atoms with Crippen LogP contribution < -0.4 is 23.7 Å². The topological polar surface area (TPSA) is 64.6 Å². The first kappa shape index (κ1) is 95.1. The molecule has 0 unspecified atom stereocenters. The molecule has 7 heteroatoms. The van der Waals surface area contributed by atoms with Crippen LogP contribution in [0.5, 0.6) is 28.7 Å². The lowest BCUT2D eigenvalue weighted by atomic mass is 10.1. The van der Waals surface area contributed by atoms with Crippen molar-refractivity contribution in [2.45, 2.75) is 196 Å². The van der Waals surface area contributed by atoms with Gasteiger partial charge in [0.05, 0.1) is 40.6 Å². The molecule has 104 heavy (non-hydrogen) atoms. The number of benzene rings is 10. The molecule has 0 atom stereocenters.